The molecule has 4 nitrogen and oxygen atoms in total. The molecule has 0 heterocycles. The summed E-state index contributed by atoms with van der Waals surface area (Å²) in [5, 5.41) is 15.4. The molecule has 1 amide bonds. The third-order valence-electron chi connectivity index (χ3n) is 2.82. The highest BCUT2D eigenvalue weighted by Gasteiger charge is 2.34. The molecule has 0 saturated heterocycles. The molecule has 0 aromatic rings. The van der Waals surface area contributed by atoms with E-state index in [-0.39, 0.29) is 18.1 Å². The standard InChI is InChI=1S/C10H20N2O2/c1-10(2,9(14)11-3)12-7-5-4-6-8(7)13/h7-8,12-13H,4-6H2,1-3H3,(H,11,14)/t7-,8-/m1/s1. The van der Waals surface area contributed by atoms with Crippen molar-refractivity contribution in [1.82, 2.24) is 10.6 Å². The Kier molecular flexibility index (Phi) is 3.50. The summed E-state index contributed by atoms with van der Waals surface area (Å²) in [7, 11) is 1.62. The van der Waals surface area contributed by atoms with Crippen LogP contribution in [0, 0.1) is 0 Å². The first kappa shape index (κ1) is 11.5. The molecule has 3 N–H and O–H groups in total. The number of hydrogen-bond donors (Lipinski definition) is 3. The van der Waals surface area contributed by atoms with Crippen molar-refractivity contribution in [3.8, 4) is 0 Å². The van der Waals surface area contributed by atoms with Crippen molar-refractivity contribution in [2.24, 2.45) is 0 Å². The Hall–Kier alpha value is -0.610. The lowest BCUT2D eigenvalue weighted by atomic mass is 10.0. The van der Waals surface area contributed by atoms with Gasteiger partial charge in [0.15, 0.2) is 0 Å². The molecule has 1 fully saturated rings. The van der Waals surface area contributed by atoms with Crippen LogP contribution in [0.2, 0.25) is 0 Å². The van der Waals surface area contributed by atoms with Gasteiger partial charge in [0.25, 0.3) is 0 Å². The molecular weight excluding hydrogens is 180 g/mol. The first-order valence-corrected chi connectivity index (χ1v) is 5.15. The van der Waals surface area contributed by atoms with Gasteiger partial charge in [-0.05, 0) is 33.1 Å². The molecule has 1 rings (SSSR count). The molecule has 14 heavy (non-hydrogen) atoms. The van der Waals surface area contributed by atoms with E-state index in [0.29, 0.717) is 0 Å². The van der Waals surface area contributed by atoms with E-state index >= 15 is 0 Å². The molecule has 0 unspecified atom stereocenters. The maximum absolute atomic E-state index is 11.5. The molecule has 4 heteroatoms. The van der Waals surface area contributed by atoms with E-state index in [9.17, 15) is 9.90 Å². The topological polar surface area (TPSA) is 61.4 Å². The van der Waals surface area contributed by atoms with Crippen molar-refractivity contribution >= 4 is 5.91 Å². The quantitative estimate of drug-likeness (QED) is 0.601. The highest BCUT2D eigenvalue weighted by molar-refractivity contribution is 5.85. The Balaban J connectivity index is 2.53. The summed E-state index contributed by atoms with van der Waals surface area (Å²) < 4.78 is 0. The van der Waals surface area contributed by atoms with E-state index in [1.165, 1.54) is 0 Å². The molecule has 1 aliphatic carbocycles. The number of rotatable bonds is 3. The highest BCUT2D eigenvalue weighted by Crippen LogP contribution is 2.21. The van der Waals surface area contributed by atoms with Crippen LogP contribution >= 0.6 is 0 Å². The fourth-order valence-corrected chi connectivity index (χ4v) is 1.95. The zero-order valence-corrected chi connectivity index (χ0v) is 9.13. The monoisotopic (exact) mass is 200 g/mol. The van der Waals surface area contributed by atoms with Crippen molar-refractivity contribution in [1.29, 1.82) is 0 Å². The van der Waals surface area contributed by atoms with Crippen LogP contribution in [0.4, 0.5) is 0 Å². The van der Waals surface area contributed by atoms with Crippen molar-refractivity contribution < 1.29 is 9.90 Å². The molecule has 0 radical (unpaired) electrons. The normalized spacial score (nSPS) is 27.7. The van der Waals surface area contributed by atoms with Gasteiger partial charge in [0.2, 0.25) is 5.91 Å². The summed E-state index contributed by atoms with van der Waals surface area (Å²) in [4.78, 5) is 11.5. The van der Waals surface area contributed by atoms with Crippen molar-refractivity contribution in [3.05, 3.63) is 0 Å². The fraction of sp³-hybridized carbons (Fsp3) is 0.900. The maximum atomic E-state index is 11.5. The van der Waals surface area contributed by atoms with E-state index in [4.69, 9.17) is 0 Å². The van der Waals surface area contributed by atoms with Crippen LogP contribution in [0.3, 0.4) is 0 Å². The van der Waals surface area contributed by atoms with Gasteiger partial charge in [-0.1, -0.05) is 0 Å². The third-order valence-corrected chi connectivity index (χ3v) is 2.82. The SMILES string of the molecule is CNC(=O)C(C)(C)N[C@@H]1CCC[C@H]1O. The lowest BCUT2D eigenvalue weighted by Gasteiger charge is -2.29. The number of aliphatic hydroxyl groups excluding tert-OH is 1. The minimum absolute atomic E-state index is 0.0448. The number of carbonyl (C=O) groups excluding carboxylic acids is 1. The van der Waals surface area contributed by atoms with Gasteiger partial charge in [0, 0.05) is 13.1 Å². The molecule has 1 saturated carbocycles. The Morgan fingerprint density at radius 3 is 2.50 bits per heavy atom. The van der Waals surface area contributed by atoms with Crippen LogP contribution in [0.1, 0.15) is 33.1 Å². The summed E-state index contributed by atoms with van der Waals surface area (Å²) in [6.45, 7) is 3.66. The molecule has 0 spiro atoms. The number of nitrogens with one attached hydrogen (secondary N) is 2. The first-order valence-electron chi connectivity index (χ1n) is 5.15. The maximum Gasteiger partial charge on any atom is 0.239 e. The molecule has 0 bridgehead atoms. The van der Waals surface area contributed by atoms with E-state index in [2.05, 4.69) is 10.6 Å². The minimum atomic E-state index is -0.606. The van der Waals surface area contributed by atoms with Crippen molar-refractivity contribution in [2.75, 3.05) is 7.05 Å². The molecule has 0 aromatic heterocycles. The van der Waals surface area contributed by atoms with E-state index in [0.717, 1.165) is 19.3 Å². The first-order chi connectivity index (χ1) is 6.47. The average molecular weight is 200 g/mol. The summed E-state index contributed by atoms with van der Waals surface area (Å²) in [6.07, 6.45) is 2.50. The second kappa shape index (κ2) is 4.28. The van der Waals surface area contributed by atoms with Crippen molar-refractivity contribution in [2.45, 2.75) is 50.8 Å². The Bertz CT molecular complexity index is 216. The van der Waals surface area contributed by atoms with Gasteiger partial charge in [-0.3, -0.25) is 10.1 Å². The van der Waals surface area contributed by atoms with E-state index < -0.39 is 5.54 Å². The van der Waals surface area contributed by atoms with Gasteiger partial charge in [0.1, 0.15) is 0 Å². The lowest BCUT2D eigenvalue weighted by Crippen LogP contribution is -2.57. The Labute approximate surface area is 85.1 Å². The average Bonchev–Trinajstić information content (AvgIpc) is 2.50. The second-order valence-electron chi connectivity index (χ2n) is 4.45. The Morgan fingerprint density at radius 1 is 1.43 bits per heavy atom. The summed E-state index contributed by atoms with van der Waals surface area (Å²) in [6, 6.07) is 0.0577. The number of likely N-dealkylation sites (N-methyl/N-ethyl adjacent to an activating group) is 1. The third kappa shape index (κ3) is 2.45. The smallest absolute Gasteiger partial charge is 0.239 e. The summed E-state index contributed by atoms with van der Waals surface area (Å²) in [5.74, 6) is -0.0448. The molecule has 0 aliphatic heterocycles. The minimum Gasteiger partial charge on any atom is -0.392 e. The molecule has 2 atom stereocenters. The predicted molar refractivity (Wildman–Crippen MR) is 54.9 cm³/mol. The summed E-state index contributed by atoms with van der Waals surface area (Å²) in [5.41, 5.74) is -0.606. The second-order valence-corrected chi connectivity index (χ2v) is 4.45. The zero-order valence-electron chi connectivity index (χ0n) is 9.13. The Morgan fingerprint density at radius 2 is 2.07 bits per heavy atom. The highest BCUT2D eigenvalue weighted by atomic mass is 16.3. The fourth-order valence-electron chi connectivity index (χ4n) is 1.95. The van der Waals surface area contributed by atoms with Crippen LogP contribution in [-0.4, -0.2) is 35.7 Å². The van der Waals surface area contributed by atoms with Gasteiger partial charge in [0.05, 0.1) is 11.6 Å². The van der Waals surface area contributed by atoms with Gasteiger partial charge in [-0.2, -0.15) is 0 Å². The predicted octanol–water partition coefficient (Wildman–Crippen LogP) is 0.0140. The van der Waals surface area contributed by atoms with Gasteiger partial charge in [-0.15, -0.1) is 0 Å². The van der Waals surface area contributed by atoms with Crippen molar-refractivity contribution in [3.63, 3.8) is 0 Å². The molecule has 82 valence electrons. The number of aliphatic hydroxyl groups is 1. The zero-order chi connectivity index (χ0) is 10.8. The van der Waals surface area contributed by atoms with Gasteiger partial charge < -0.3 is 10.4 Å². The van der Waals surface area contributed by atoms with Crippen LogP contribution < -0.4 is 10.6 Å². The number of carbonyl (C=O) groups is 1. The largest absolute Gasteiger partial charge is 0.392 e. The van der Waals surface area contributed by atoms with E-state index in [1.807, 2.05) is 13.8 Å². The number of amides is 1. The van der Waals surface area contributed by atoms with Crippen LogP contribution in [0.5, 0.6) is 0 Å². The van der Waals surface area contributed by atoms with E-state index in [1.54, 1.807) is 7.05 Å². The lowest BCUT2D eigenvalue weighted by molar-refractivity contribution is -0.126. The van der Waals surface area contributed by atoms with Crippen LogP contribution in [0.15, 0.2) is 0 Å². The van der Waals surface area contributed by atoms with Gasteiger partial charge >= 0.3 is 0 Å². The molecule has 0 aromatic carbocycles. The van der Waals surface area contributed by atoms with Gasteiger partial charge in [-0.25, -0.2) is 0 Å². The van der Waals surface area contributed by atoms with Crippen LogP contribution in [0.25, 0.3) is 0 Å². The summed E-state index contributed by atoms with van der Waals surface area (Å²) >= 11 is 0. The van der Waals surface area contributed by atoms with Crippen LogP contribution in [-0.2, 0) is 4.79 Å². The number of hydrogen-bond acceptors (Lipinski definition) is 3. The molecular formula is C10H20N2O2. The molecule has 1 aliphatic rings.